The van der Waals surface area contributed by atoms with Crippen LogP contribution < -0.4 is 5.56 Å². The van der Waals surface area contributed by atoms with E-state index in [-0.39, 0.29) is 16.8 Å². The Morgan fingerprint density at radius 2 is 2.06 bits per heavy atom. The molecule has 0 saturated carbocycles. The maximum absolute atomic E-state index is 13.4. The monoisotopic (exact) mass is 458 g/mol. The highest BCUT2D eigenvalue weighted by Crippen LogP contribution is 2.24. The van der Waals surface area contributed by atoms with Crippen molar-refractivity contribution in [1.29, 1.82) is 0 Å². The minimum absolute atomic E-state index is 0.175. The third-order valence-electron chi connectivity index (χ3n) is 5.23. The number of hydrogen-bond donors (Lipinski definition) is 0. The second-order valence-electron chi connectivity index (χ2n) is 7.32. The standard InChI is InChI=1S/C22H23ClN4O5/c1-14(20-24-19-13-16(23)8-9-18(19)22(29)25(20)2)26(10-5-11-32-3)21(28)15-6-4-7-17(12-15)27(30)31/h4,6-9,12-14H,5,10-11H2,1-3H3. The Hall–Kier alpha value is -3.30. The molecule has 10 heteroatoms. The Morgan fingerprint density at radius 1 is 1.31 bits per heavy atom. The molecule has 1 unspecified atom stereocenters. The van der Waals surface area contributed by atoms with Crippen LogP contribution in [-0.4, -0.2) is 45.5 Å². The van der Waals surface area contributed by atoms with Crippen LogP contribution in [0.15, 0.2) is 47.3 Å². The summed E-state index contributed by atoms with van der Waals surface area (Å²) < 4.78 is 6.52. The fourth-order valence-corrected chi connectivity index (χ4v) is 3.71. The second-order valence-corrected chi connectivity index (χ2v) is 7.76. The summed E-state index contributed by atoms with van der Waals surface area (Å²) in [4.78, 5) is 43.0. The minimum Gasteiger partial charge on any atom is -0.385 e. The largest absolute Gasteiger partial charge is 0.385 e. The Kier molecular flexibility index (Phi) is 7.22. The number of carbonyl (C=O) groups excluding carboxylic acids is 1. The van der Waals surface area contributed by atoms with Gasteiger partial charge in [0.05, 0.1) is 21.9 Å². The zero-order valence-electron chi connectivity index (χ0n) is 17.9. The summed E-state index contributed by atoms with van der Waals surface area (Å²) >= 11 is 6.08. The number of fused-ring (bicyclic) bond motifs is 1. The molecule has 0 aliphatic carbocycles. The zero-order chi connectivity index (χ0) is 23.4. The van der Waals surface area contributed by atoms with Gasteiger partial charge in [0.1, 0.15) is 5.82 Å². The van der Waals surface area contributed by atoms with E-state index in [0.717, 1.165) is 0 Å². The van der Waals surface area contributed by atoms with Gasteiger partial charge >= 0.3 is 0 Å². The van der Waals surface area contributed by atoms with Gasteiger partial charge in [0.2, 0.25) is 0 Å². The summed E-state index contributed by atoms with van der Waals surface area (Å²) in [5.41, 5.74) is 0.179. The van der Waals surface area contributed by atoms with E-state index in [1.807, 2.05) is 0 Å². The van der Waals surface area contributed by atoms with Gasteiger partial charge in [-0.05, 0) is 37.6 Å². The van der Waals surface area contributed by atoms with Gasteiger partial charge in [-0.1, -0.05) is 17.7 Å². The Labute approximate surface area is 189 Å². The van der Waals surface area contributed by atoms with Crippen LogP contribution in [0.4, 0.5) is 5.69 Å². The lowest BCUT2D eigenvalue weighted by molar-refractivity contribution is -0.384. The van der Waals surface area contributed by atoms with Gasteiger partial charge in [0, 0.05) is 50.0 Å². The van der Waals surface area contributed by atoms with Gasteiger partial charge in [-0.15, -0.1) is 0 Å². The molecule has 3 rings (SSSR count). The van der Waals surface area contributed by atoms with E-state index in [9.17, 15) is 19.7 Å². The number of ether oxygens (including phenoxy) is 1. The molecule has 3 aromatic rings. The smallest absolute Gasteiger partial charge is 0.270 e. The number of carbonyl (C=O) groups is 1. The summed E-state index contributed by atoms with van der Waals surface area (Å²) in [6, 6.07) is 9.81. The number of aromatic nitrogens is 2. The van der Waals surface area contributed by atoms with E-state index in [0.29, 0.717) is 41.3 Å². The average molecular weight is 459 g/mol. The molecule has 1 atom stereocenters. The molecule has 0 spiro atoms. The lowest BCUT2D eigenvalue weighted by Gasteiger charge is -2.30. The lowest BCUT2D eigenvalue weighted by atomic mass is 10.1. The molecule has 0 aliphatic heterocycles. The van der Waals surface area contributed by atoms with Gasteiger partial charge < -0.3 is 9.64 Å². The zero-order valence-corrected chi connectivity index (χ0v) is 18.7. The van der Waals surface area contributed by atoms with Crippen LogP contribution in [0.2, 0.25) is 5.02 Å². The molecule has 0 bridgehead atoms. The van der Waals surface area contributed by atoms with Crippen LogP contribution in [0.5, 0.6) is 0 Å². The van der Waals surface area contributed by atoms with Crippen LogP contribution in [0, 0.1) is 10.1 Å². The Balaban J connectivity index is 2.06. The van der Waals surface area contributed by atoms with Crippen molar-refractivity contribution in [3.63, 3.8) is 0 Å². The van der Waals surface area contributed by atoms with Crippen molar-refractivity contribution >= 4 is 34.1 Å². The highest BCUT2D eigenvalue weighted by atomic mass is 35.5. The number of halogens is 1. The van der Waals surface area contributed by atoms with Crippen molar-refractivity contribution in [3.8, 4) is 0 Å². The fourth-order valence-electron chi connectivity index (χ4n) is 3.54. The molecular weight excluding hydrogens is 436 g/mol. The molecule has 1 amide bonds. The molecule has 0 saturated heterocycles. The number of amides is 1. The van der Waals surface area contributed by atoms with E-state index < -0.39 is 16.9 Å². The van der Waals surface area contributed by atoms with Crippen molar-refractivity contribution in [1.82, 2.24) is 14.5 Å². The molecular formula is C22H23ClN4O5. The molecule has 168 valence electrons. The second kappa shape index (κ2) is 9.88. The minimum atomic E-state index is -0.598. The highest BCUT2D eigenvalue weighted by Gasteiger charge is 2.27. The van der Waals surface area contributed by atoms with Crippen LogP contribution >= 0.6 is 11.6 Å². The van der Waals surface area contributed by atoms with Crippen LogP contribution in [-0.2, 0) is 11.8 Å². The van der Waals surface area contributed by atoms with Crippen molar-refractivity contribution in [2.75, 3.05) is 20.3 Å². The van der Waals surface area contributed by atoms with Crippen molar-refractivity contribution in [3.05, 3.63) is 79.3 Å². The third-order valence-corrected chi connectivity index (χ3v) is 5.46. The van der Waals surface area contributed by atoms with E-state index in [1.165, 1.54) is 33.7 Å². The number of benzene rings is 2. The quantitative estimate of drug-likeness (QED) is 0.289. The summed E-state index contributed by atoms with van der Waals surface area (Å²) in [5, 5.41) is 12.0. The number of nitro benzene ring substituents is 1. The number of methoxy groups -OCH3 is 1. The van der Waals surface area contributed by atoms with E-state index in [2.05, 4.69) is 4.98 Å². The maximum Gasteiger partial charge on any atom is 0.270 e. The lowest BCUT2D eigenvalue weighted by Crippen LogP contribution is -2.38. The topological polar surface area (TPSA) is 108 Å². The first-order valence-electron chi connectivity index (χ1n) is 9.95. The summed E-state index contributed by atoms with van der Waals surface area (Å²) in [6.45, 7) is 2.49. The number of hydrogen-bond acceptors (Lipinski definition) is 6. The van der Waals surface area contributed by atoms with E-state index >= 15 is 0 Å². The molecule has 1 aromatic heterocycles. The van der Waals surface area contributed by atoms with Crippen molar-refractivity contribution < 1.29 is 14.5 Å². The summed E-state index contributed by atoms with van der Waals surface area (Å²) in [6.07, 6.45) is 0.537. The van der Waals surface area contributed by atoms with Crippen molar-refractivity contribution in [2.45, 2.75) is 19.4 Å². The van der Waals surface area contributed by atoms with E-state index in [1.54, 1.807) is 39.3 Å². The van der Waals surface area contributed by atoms with Crippen LogP contribution in [0.25, 0.3) is 10.9 Å². The van der Waals surface area contributed by atoms with E-state index in [4.69, 9.17) is 16.3 Å². The molecule has 32 heavy (non-hydrogen) atoms. The predicted molar refractivity (Wildman–Crippen MR) is 121 cm³/mol. The van der Waals surface area contributed by atoms with Crippen molar-refractivity contribution in [2.24, 2.45) is 7.05 Å². The average Bonchev–Trinajstić information content (AvgIpc) is 2.78. The summed E-state index contributed by atoms with van der Waals surface area (Å²) in [5.74, 6) is -0.0290. The summed E-state index contributed by atoms with van der Waals surface area (Å²) in [7, 11) is 3.16. The van der Waals surface area contributed by atoms with Gasteiger partial charge in [-0.3, -0.25) is 24.3 Å². The Bertz CT molecular complexity index is 1230. The normalized spacial score (nSPS) is 12.0. The first kappa shape index (κ1) is 23.4. The molecule has 0 aliphatic rings. The third kappa shape index (κ3) is 4.79. The number of nitrogens with zero attached hydrogens (tertiary/aromatic N) is 4. The molecule has 0 radical (unpaired) electrons. The fraction of sp³-hybridized carbons (Fsp3) is 0.318. The predicted octanol–water partition coefficient (Wildman–Crippen LogP) is 3.74. The van der Waals surface area contributed by atoms with Crippen LogP contribution in [0.1, 0.15) is 35.6 Å². The number of nitro groups is 1. The first-order valence-corrected chi connectivity index (χ1v) is 10.3. The first-order chi connectivity index (χ1) is 15.2. The van der Waals surface area contributed by atoms with Gasteiger partial charge in [0.15, 0.2) is 0 Å². The molecule has 1 heterocycles. The molecule has 2 aromatic carbocycles. The SMILES string of the molecule is COCCCN(C(=O)c1cccc([N+](=O)[O-])c1)C(C)c1nc2cc(Cl)ccc2c(=O)n1C. The molecule has 9 nitrogen and oxygen atoms in total. The van der Waals surface area contributed by atoms with Gasteiger partial charge in [0.25, 0.3) is 17.2 Å². The van der Waals surface area contributed by atoms with Crippen LogP contribution in [0.3, 0.4) is 0 Å². The maximum atomic E-state index is 13.4. The van der Waals surface area contributed by atoms with Gasteiger partial charge in [-0.2, -0.15) is 0 Å². The molecule has 0 N–H and O–H groups in total. The van der Waals surface area contributed by atoms with Gasteiger partial charge in [-0.25, -0.2) is 4.98 Å². The number of non-ortho nitro benzene ring substituents is 1. The molecule has 0 fully saturated rings. The number of rotatable bonds is 8. The highest BCUT2D eigenvalue weighted by molar-refractivity contribution is 6.31. The Morgan fingerprint density at radius 3 is 2.75 bits per heavy atom.